The zero-order valence-corrected chi connectivity index (χ0v) is 12.6. The van der Waals surface area contributed by atoms with Gasteiger partial charge in [0.05, 0.1) is 0 Å². The Morgan fingerprint density at radius 3 is 2.21 bits per heavy atom. The Bertz CT molecular complexity index is 441. The van der Waals surface area contributed by atoms with Gasteiger partial charge in [0, 0.05) is 18.7 Å². The van der Waals surface area contributed by atoms with Gasteiger partial charge in [0.25, 0.3) is 5.91 Å². The van der Waals surface area contributed by atoms with E-state index in [1.165, 1.54) is 5.56 Å². The fourth-order valence-corrected chi connectivity index (χ4v) is 2.34. The van der Waals surface area contributed by atoms with Crippen LogP contribution in [0, 0.1) is 26.2 Å². The highest BCUT2D eigenvalue weighted by Gasteiger charge is 2.20. The number of aliphatic hydroxyl groups is 1. The number of nitrogens with one attached hydrogen (secondary N) is 1. The second kappa shape index (κ2) is 6.20. The molecule has 1 aromatic rings. The molecule has 0 atom stereocenters. The summed E-state index contributed by atoms with van der Waals surface area (Å²) in [5, 5.41) is 12.0. The van der Waals surface area contributed by atoms with Crippen LogP contribution in [0.5, 0.6) is 0 Å². The van der Waals surface area contributed by atoms with Gasteiger partial charge in [0.1, 0.15) is 0 Å². The van der Waals surface area contributed by atoms with Crippen molar-refractivity contribution < 1.29 is 9.90 Å². The van der Waals surface area contributed by atoms with Crippen molar-refractivity contribution in [3.8, 4) is 0 Å². The first-order valence-electron chi connectivity index (χ1n) is 6.74. The number of rotatable bonds is 5. The Balaban J connectivity index is 2.80. The van der Waals surface area contributed by atoms with E-state index in [-0.39, 0.29) is 17.9 Å². The van der Waals surface area contributed by atoms with Crippen molar-refractivity contribution in [2.75, 3.05) is 13.2 Å². The van der Waals surface area contributed by atoms with Crippen LogP contribution in [-0.4, -0.2) is 24.2 Å². The van der Waals surface area contributed by atoms with Crippen LogP contribution < -0.4 is 5.32 Å². The number of aryl methyl sites for hydroxylation is 3. The van der Waals surface area contributed by atoms with Gasteiger partial charge in [-0.25, -0.2) is 0 Å². The standard InChI is InChI=1S/C16H25NO2/c1-11-8-12(2)14(13(3)9-11)15(19)17-10-16(4,5)6-7-18/h8-9,18H,6-7,10H2,1-5H3,(H,17,19). The molecule has 106 valence electrons. The Morgan fingerprint density at radius 1 is 1.21 bits per heavy atom. The molecule has 1 aromatic carbocycles. The Morgan fingerprint density at radius 2 is 1.74 bits per heavy atom. The molecule has 0 aliphatic rings. The van der Waals surface area contributed by atoms with Crippen molar-refractivity contribution in [3.05, 3.63) is 34.4 Å². The number of carbonyl (C=O) groups is 1. The van der Waals surface area contributed by atoms with Crippen molar-refractivity contribution in [2.45, 2.75) is 41.0 Å². The molecule has 0 aliphatic carbocycles. The topological polar surface area (TPSA) is 49.3 Å². The van der Waals surface area contributed by atoms with Gasteiger partial charge in [0.2, 0.25) is 0 Å². The number of benzene rings is 1. The molecule has 0 saturated carbocycles. The first-order chi connectivity index (χ1) is 8.76. The predicted molar refractivity (Wildman–Crippen MR) is 78.5 cm³/mol. The largest absolute Gasteiger partial charge is 0.396 e. The minimum Gasteiger partial charge on any atom is -0.396 e. The molecule has 0 unspecified atom stereocenters. The molecule has 0 radical (unpaired) electrons. The lowest BCUT2D eigenvalue weighted by Gasteiger charge is -2.24. The van der Waals surface area contributed by atoms with E-state index in [1.807, 2.05) is 46.8 Å². The van der Waals surface area contributed by atoms with Crippen LogP contribution in [0.4, 0.5) is 0 Å². The summed E-state index contributed by atoms with van der Waals surface area (Å²) in [6.07, 6.45) is 0.680. The molecule has 0 fully saturated rings. The quantitative estimate of drug-likeness (QED) is 0.858. The van der Waals surface area contributed by atoms with E-state index >= 15 is 0 Å². The number of amides is 1. The van der Waals surface area contributed by atoms with Crippen molar-refractivity contribution in [2.24, 2.45) is 5.41 Å². The van der Waals surface area contributed by atoms with Crippen LogP contribution >= 0.6 is 0 Å². The molecule has 1 amide bonds. The number of hydrogen-bond donors (Lipinski definition) is 2. The Labute approximate surface area is 116 Å². The minimum atomic E-state index is -0.0864. The van der Waals surface area contributed by atoms with Crippen molar-refractivity contribution >= 4 is 5.91 Å². The Kier molecular flexibility index (Phi) is 5.12. The molecule has 3 nitrogen and oxygen atoms in total. The molecule has 2 N–H and O–H groups in total. The fraction of sp³-hybridized carbons (Fsp3) is 0.562. The molecule has 0 aliphatic heterocycles. The van der Waals surface area contributed by atoms with Gasteiger partial charge in [-0.05, 0) is 43.7 Å². The first kappa shape index (κ1) is 15.7. The van der Waals surface area contributed by atoms with Crippen molar-refractivity contribution in [3.63, 3.8) is 0 Å². The maximum atomic E-state index is 12.3. The van der Waals surface area contributed by atoms with Crippen LogP contribution in [0.3, 0.4) is 0 Å². The maximum absolute atomic E-state index is 12.3. The van der Waals surface area contributed by atoms with E-state index in [0.717, 1.165) is 16.7 Å². The molecule has 0 bridgehead atoms. The summed E-state index contributed by atoms with van der Waals surface area (Å²) in [5.74, 6) is -0.0268. The summed E-state index contributed by atoms with van der Waals surface area (Å²) in [5.41, 5.74) is 3.87. The highest BCUT2D eigenvalue weighted by molar-refractivity contribution is 5.97. The summed E-state index contributed by atoms with van der Waals surface area (Å²) in [6, 6.07) is 4.06. The van der Waals surface area contributed by atoms with Gasteiger partial charge in [0.15, 0.2) is 0 Å². The van der Waals surface area contributed by atoms with Gasteiger partial charge in [-0.3, -0.25) is 4.79 Å². The SMILES string of the molecule is Cc1cc(C)c(C(=O)NCC(C)(C)CCO)c(C)c1. The lowest BCUT2D eigenvalue weighted by Crippen LogP contribution is -2.35. The van der Waals surface area contributed by atoms with Crippen LogP contribution in [0.1, 0.15) is 47.3 Å². The maximum Gasteiger partial charge on any atom is 0.251 e. The molecular weight excluding hydrogens is 238 g/mol. The third-order valence-corrected chi connectivity index (χ3v) is 3.42. The van der Waals surface area contributed by atoms with Gasteiger partial charge in [-0.1, -0.05) is 31.5 Å². The van der Waals surface area contributed by atoms with Crippen molar-refractivity contribution in [1.82, 2.24) is 5.32 Å². The average Bonchev–Trinajstić information content (AvgIpc) is 2.25. The molecule has 19 heavy (non-hydrogen) atoms. The number of carbonyl (C=O) groups excluding carboxylic acids is 1. The van der Waals surface area contributed by atoms with Crippen LogP contribution in [-0.2, 0) is 0 Å². The number of hydrogen-bond acceptors (Lipinski definition) is 2. The third-order valence-electron chi connectivity index (χ3n) is 3.42. The van der Waals surface area contributed by atoms with Gasteiger partial charge in [-0.15, -0.1) is 0 Å². The fourth-order valence-electron chi connectivity index (χ4n) is 2.34. The summed E-state index contributed by atoms with van der Waals surface area (Å²) >= 11 is 0. The Hall–Kier alpha value is -1.35. The van der Waals surface area contributed by atoms with Gasteiger partial charge in [-0.2, -0.15) is 0 Å². The normalized spacial score (nSPS) is 11.5. The van der Waals surface area contributed by atoms with E-state index in [1.54, 1.807) is 0 Å². The van der Waals surface area contributed by atoms with E-state index in [9.17, 15) is 4.79 Å². The van der Waals surface area contributed by atoms with E-state index in [4.69, 9.17) is 5.11 Å². The summed E-state index contributed by atoms with van der Waals surface area (Å²) in [6.45, 7) is 10.8. The third kappa shape index (κ3) is 4.35. The van der Waals surface area contributed by atoms with Crippen LogP contribution in [0.2, 0.25) is 0 Å². The lowest BCUT2D eigenvalue weighted by molar-refractivity contribution is 0.0927. The molecule has 0 spiro atoms. The summed E-state index contributed by atoms with van der Waals surface area (Å²) < 4.78 is 0. The highest BCUT2D eigenvalue weighted by Crippen LogP contribution is 2.20. The summed E-state index contributed by atoms with van der Waals surface area (Å²) in [7, 11) is 0. The molecule has 0 saturated heterocycles. The zero-order valence-electron chi connectivity index (χ0n) is 12.6. The summed E-state index contributed by atoms with van der Waals surface area (Å²) in [4.78, 5) is 12.3. The highest BCUT2D eigenvalue weighted by atomic mass is 16.3. The monoisotopic (exact) mass is 263 g/mol. The molecule has 1 rings (SSSR count). The molecule has 0 heterocycles. The van der Waals surface area contributed by atoms with Crippen LogP contribution in [0.15, 0.2) is 12.1 Å². The van der Waals surface area contributed by atoms with E-state index in [0.29, 0.717) is 13.0 Å². The molecule has 3 heteroatoms. The minimum absolute atomic E-state index is 0.0268. The second-order valence-electron chi connectivity index (χ2n) is 6.09. The second-order valence-corrected chi connectivity index (χ2v) is 6.09. The molecule has 0 aromatic heterocycles. The number of aliphatic hydroxyl groups excluding tert-OH is 1. The van der Waals surface area contributed by atoms with Crippen molar-refractivity contribution in [1.29, 1.82) is 0 Å². The predicted octanol–water partition coefficient (Wildman–Crippen LogP) is 2.75. The zero-order chi connectivity index (χ0) is 14.6. The smallest absolute Gasteiger partial charge is 0.251 e. The van der Waals surface area contributed by atoms with Crippen LogP contribution in [0.25, 0.3) is 0 Å². The van der Waals surface area contributed by atoms with Gasteiger partial charge >= 0.3 is 0 Å². The van der Waals surface area contributed by atoms with Gasteiger partial charge < -0.3 is 10.4 Å². The average molecular weight is 263 g/mol. The lowest BCUT2D eigenvalue weighted by atomic mass is 9.89. The van der Waals surface area contributed by atoms with E-state index in [2.05, 4.69) is 5.32 Å². The first-order valence-corrected chi connectivity index (χ1v) is 6.74. The molecular formula is C16H25NO2. The van der Waals surface area contributed by atoms with E-state index < -0.39 is 0 Å².